The summed E-state index contributed by atoms with van der Waals surface area (Å²) in [6, 6.07) is 7.88. The van der Waals surface area contributed by atoms with Gasteiger partial charge in [-0.25, -0.2) is 0 Å². The molecule has 1 aromatic carbocycles. The van der Waals surface area contributed by atoms with Gasteiger partial charge in [-0.1, -0.05) is 18.2 Å². The number of nitrogens with zero attached hydrogens (tertiary/aromatic N) is 1. The fourth-order valence-electron chi connectivity index (χ4n) is 1.92. The van der Waals surface area contributed by atoms with Crippen molar-refractivity contribution >= 4 is 11.6 Å². The average Bonchev–Trinajstić information content (AvgIpc) is 2.60. The van der Waals surface area contributed by atoms with Crippen LogP contribution in [0.2, 0.25) is 0 Å². The SMILES string of the molecule is C#CC1CC(=O)N(c2ccccc2C)C1. The molecule has 1 amide bonds. The predicted octanol–water partition coefficient (Wildman–Crippen LogP) is 1.98. The van der Waals surface area contributed by atoms with Gasteiger partial charge in [0.15, 0.2) is 0 Å². The minimum atomic E-state index is 0.0668. The van der Waals surface area contributed by atoms with Gasteiger partial charge in [-0.2, -0.15) is 0 Å². The highest BCUT2D eigenvalue weighted by Crippen LogP contribution is 2.26. The summed E-state index contributed by atoms with van der Waals surface area (Å²) in [7, 11) is 0. The smallest absolute Gasteiger partial charge is 0.228 e. The molecule has 1 fully saturated rings. The van der Waals surface area contributed by atoms with Crippen molar-refractivity contribution in [3.05, 3.63) is 29.8 Å². The van der Waals surface area contributed by atoms with E-state index >= 15 is 0 Å². The van der Waals surface area contributed by atoms with E-state index in [-0.39, 0.29) is 11.8 Å². The summed E-state index contributed by atoms with van der Waals surface area (Å²) in [5, 5.41) is 0. The van der Waals surface area contributed by atoms with Crippen LogP contribution in [-0.4, -0.2) is 12.5 Å². The molecule has 0 saturated carbocycles. The van der Waals surface area contributed by atoms with Crippen molar-refractivity contribution in [2.75, 3.05) is 11.4 Å². The minimum Gasteiger partial charge on any atom is -0.311 e. The van der Waals surface area contributed by atoms with Gasteiger partial charge in [0.05, 0.1) is 0 Å². The van der Waals surface area contributed by atoms with Gasteiger partial charge >= 0.3 is 0 Å². The predicted molar refractivity (Wildman–Crippen MR) is 60.5 cm³/mol. The first-order chi connectivity index (χ1) is 7.22. The number of para-hydroxylation sites is 1. The number of hydrogen-bond donors (Lipinski definition) is 0. The first kappa shape index (κ1) is 9.79. The van der Waals surface area contributed by atoms with Gasteiger partial charge in [-0.15, -0.1) is 12.3 Å². The Hall–Kier alpha value is -1.75. The lowest BCUT2D eigenvalue weighted by atomic mass is 10.1. The van der Waals surface area contributed by atoms with E-state index in [0.717, 1.165) is 11.3 Å². The zero-order valence-electron chi connectivity index (χ0n) is 8.73. The highest BCUT2D eigenvalue weighted by molar-refractivity contribution is 5.96. The second-order valence-corrected chi connectivity index (χ2v) is 3.86. The van der Waals surface area contributed by atoms with Gasteiger partial charge in [-0.05, 0) is 18.6 Å². The number of anilines is 1. The number of terminal acetylenes is 1. The second-order valence-electron chi connectivity index (χ2n) is 3.86. The Kier molecular flexibility index (Phi) is 2.47. The lowest BCUT2D eigenvalue weighted by Gasteiger charge is -2.18. The molecule has 0 bridgehead atoms. The van der Waals surface area contributed by atoms with E-state index in [1.807, 2.05) is 31.2 Å². The summed E-state index contributed by atoms with van der Waals surface area (Å²) in [4.78, 5) is 13.5. The highest BCUT2D eigenvalue weighted by Gasteiger charge is 2.29. The van der Waals surface area contributed by atoms with E-state index < -0.39 is 0 Å². The van der Waals surface area contributed by atoms with Crippen molar-refractivity contribution in [3.8, 4) is 12.3 Å². The third kappa shape index (κ3) is 1.73. The monoisotopic (exact) mass is 199 g/mol. The first-order valence-corrected chi connectivity index (χ1v) is 5.04. The number of rotatable bonds is 1. The third-order valence-corrected chi connectivity index (χ3v) is 2.77. The highest BCUT2D eigenvalue weighted by atomic mass is 16.2. The molecule has 0 aliphatic carbocycles. The van der Waals surface area contributed by atoms with Crippen LogP contribution in [-0.2, 0) is 4.79 Å². The molecule has 2 nitrogen and oxygen atoms in total. The van der Waals surface area contributed by atoms with Crippen LogP contribution in [0.1, 0.15) is 12.0 Å². The maximum atomic E-state index is 11.7. The fraction of sp³-hybridized carbons (Fsp3) is 0.308. The molecule has 1 heterocycles. The van der Waals surface area contributed by atoms with Crippen LogP contribution in [0.25, 0.3) is 0 Å². The number of amides is 1. The third-order valence-electron chi connectivity index (χ3n) is 2.77. The molecular weight excluding hydrogens is 186 g/mol. The maximum absolute atomic E-state index is 11.7. The number of aryl methyl sites for hydroxylation is 1. The molecule has 0 spiro atoms. The molecule has 1 unspecified atom stereocenters. The van der Waals surface area contributed by atoms with Crippen LogP contribution < -0.4 is 4.90 Å². The molecule has 0 N–H and O–H groups in total. The topological polar surface area (TPSA) is 20.3 Å². The zero-order valence-corrected chi connectivity index (χ0v) is 8.73. The Morgan fingerprint density at radius 2 is 2.20 bits per heavy atom. The van der Waals surface area contributed by atoms with E-state index in [2.05, 4.69) is 5.92 Å². The number of benzene rings is 1. The minimum absolute atomic E-state index is 0.0668. The summed E-state index contributed by atoms with van der Waals surface area (Å²) in [6.07, 6.45) is 5.82. The van der Waals surface area contributed by atoms with Gasteiger partial charge in [0.2, 0.25) is 5.91 Å². The van der Waals surface area contributed by atoms with Gasteiger partial charge in [0.1, 0.15) is 0 Å². The molecule has 1 aliphatic heterocycles. The molecule has 1 atom stereocenters. The van der Waals surface area contributed by atoms with Crippen molar-refractivity contribution in [1.29, 1.82) is 0 Å². The van der Waals surface area contributed by atoms with Crippen LogP contribution in [0.5, 0.6) is 0 Å². The lowest BCUT2D eigenvalue weighted by Crippen LogP contribution is -2.25. The second kappa shape index (κ2) is 3.78. The maximum Gasteiger partial charge on any atom is 0.228 e. The van der Waals surface area contributed by atoms with Crippen molar-refractivity contribution in [2.45, 2.75) is 13.3 Å². The first-order valence-electron chi connectivity index (χ1n) is 5.04. The molecule has 2 heteroatoms. The number of carbonyl (C=O) groups is 1. The van der Waals surface area contributed by atoms with E-state index in [1.54, 1.807) is 4.90 Å². The van der Waals surface area contributed by atoms with E-state index in [0.29, 0.717) is 13.0 Å². The fourth-order valence-corrected chi connectivity index (χ4v) is 1.92. The normalized spacial score (nSPS) is 20.4. The van der Waals surface area contributed by atoms with Crippen molar-refractivity contribution in [3.63, 3.8) is 0 Å². The summed E-state index contributed by atoms with van der Waals surface area (Å²) >= 11 is 0. The van der Waals surface area contributed by atoms with Crippen LogP contribution in [0, 0.1) is 25.2 Å². The van der Waals surface area contributed by atoms with Crippen molar-refractivity contribution in [2.24, 2.45) is 5.92 Å². The van der Waals surface area contributed by atoms with Crippen LogP contribution in [0.3, 0.4) is 0 Å². The molecule has 0 aromatic heterocycles. The molecular formula is C13H13NO. The molecule has 2 rings (SSSR count). The molecule has 76 valence electrons. The Morgan fingerprint density at radius 1 is 1.47 bits per heavy atom. The van der Waals surface area contributed by atoms with E-state index in [4.69, 9.17) is 6.42 Å². The summed E-state index contributed by atoms with van der Waals surface area (Å²) in [6.45, 7) is 2.66. The van der Waals surface area contributed by atoms with Crippen LogP contribution in [0.15, 0.2) is 24.3 Å². The van der Waals surface area contributed by atoms with Crippen LogP contribution >= 0.6 is 0 Å². The van der Waals surface area contributed by atoms with Crippen LogP contribution in [0.4, 0.5) is 5.69 Å². The van der Waals surface area contributed by atoms with Gasteiger partial charge in [0, 0.05) is 24.6 Å². The zero-order chi connectivity index (χ0) is 10.8. The Bertz CT molecular complexity index is 430. The quantitative estimate of drug-likeness (QED) is 0.633. The molecule has 1 aromatic rings. The standard InChI is InChI=1S/C13H13NO/c1-3-11-8-13(15)14(9-11)12-7-5-4-6-10(12)2/h1,4-7,11H,8-9H2,2H3. The summed E-state index contributed by atoms with van der Waals surface area (Å²) in [5.74, 6) is 2.85. The lowest BCUT2D eigenvalue weighted by molar-refractivity contribution is -0.117. The molecule has 1 saturated heterocycles. The molecule has 1 aliphatic rings. The van der Waals surface area contributed by atoms with Gasteiger partial charge in [0.25, 0.3) is 0 Å². The molecule has 15 heavy (non-hydrogen) atoms. The Morgan fingerprint density at radius 3 is 2.80 bits per heavy atom. The number of hydrogen-bond acceptors (Lipinski definition) is 1. The summed E-state index contributed by atoms with van der Waals surface area (Å²) < 4.78 is 0. The molecule has 0 radical (unpaired) electrons. The average molecular weight is 199 g/mol. The van der Waals surface area contributed by atoms with Gasteiger partial charge in [-0.3, -0.25) is 4.79 Å². The van der Waals surface area contributed by atoms with E-state index in [1.165, 1.54) is 0 Å². The Balaban J connectivity index is 2.30. The van der Waals surface area contributed by atoms with Gasteiger partial charge < -0.3 is 4.90 Å². The van der Waals surface area contributed by atoms with Crippen molar-refractivity contribution in [1.82, 2.24) is 0 Å². The number of carbonyl (C=O) groups excluding carboxylic acids is 1. The Labute approximate surface area is 89.9 Å². The van der Waals surface area contributed by atoms with E-state index in [9.17, 15) is 4.79 Å². The van der Waals surface area contributed by atoms with Crippen molar-refractivity contribution < 1.29 is 4.79 Å². The largest absolute Gasteiger partial charge is 0.311 e. The summed E-state index contributed by atoms with van der Waals surface area (Å²) in [5.41, 5.74) is 2.10.